The molecule has 17 heteroatoms. The Kier molecular flexibility index (Phi) is 12.9. The van der Waals surface area contributed by atoms with E-state index in [-0.39, 0.29) is 42.5 Å². The molecule has 8 aromatic rings. The number of halogens is 13. The summed E-state index contributed by atoms with van der Waals surface area (Å²) in [6, 6.07) is 37.0. The number of nitrogens with zero attached hydrogens (tertiary/aromatic N) is 3. The molecule has 67 heavy (non-hydrogen) atoms. The van der Waals surface area contributed by atoms with E-state index < -0.39 is 34.8 Å². The summed E-state index contributed by atoms with van der Waals surface area (Å²) >= 11 is 30.9. The van der Waals surface area contributed by atoms with Gasteiger partial charge in [-0.3, -0.25) is 0 Å². The summed E-state index contributed by atoms with van der Waals surface area (Å²) in [7, 11) is 0. The van der Waals surface area contributed by atoms with Crippen molar-refractivity contribution >= 4 is 167 Å². The Bertz CT molecular complexity index is 3420. The van der Waals surface area contributed by atoms with Crippen molar-refractivity contribution in [2.45, 2.75) is 0 Å². The predicted molar refractivity (Wildman–Crippen MR) is 288 cm³/mol. The van der Waals surface area contributed by atoms with Gasteiger partial charge in [0, 0.05) is 22.3 Å². The number of aromatic amines is 1. The van der Waals surface area contributed by atoms with Crippen molar-refractivity contribution in [1.82, 2.24) is 19.5 Å². The average molecular weight is 1410 g/mol. The molecule has 4 nitrogen and oxygen atoms in total. The highest BCUT2D eigenvalue weighted by Crippen LogP contribution is 2.54. The molecule has 0 spiro atoms. The SMILES string of the molecule is Fc1c(F)c(F)c(-n2c3c(Br)c(Br)c2c(-c2ccccc2)c2nc(c(-c4ccccc4)c4[nH]c(c(Br)c4Br)c(-c4ccccc4)c4nc(c3-c3ccccc3)C(Br)=C4Br)C(Br)=C2Br)c(F)c1F. The minimum absolute atomic E-state index is 0.0140. The minimum Gasteiger partial charge on any atom is -0.352 e. The normalized spacial score (nSPS) is 12.7. The van der Waals surface area contributed by atoms with Crippen molar-refractivity contribution in [3.8, 4) is 50.2 Å². The topological polar surface area (TPSA) is 46.5 Å². The summed E-state index contributed by atoms with van der Waals surface area (Å²) in [4.78, 5) is 14.5. The molecule has 0 aliphatic carbocycles. The number of fused-ring (bicyclic) bond motifs is 8. The van der Waals surface area contributed by atoms with E-state index in [0.29, 0.717) is 71.5 Å². The van der Waals surface area contributed by atoms with Crippen LogP contribution in [0.25, 0.3) is 90.2 Å². The van der Waals surface area contributed by atoms with Gasteiger partial charge in [0.1, 0.15) is 5.69 Å². The third-order valence-corrected chi connectivity index (χ3v) is 19.5. The van der Waals surface area contributed by atoms with Gasteiger partial charge in [-0.15, -0.1) is 0 Å². The van der Waals surface area contributed by atoms with Crippen LogP contribution in [0.15, 0.2) is 139 Å². The van der Waals surface area contributed by atoms with E-state index >= 15 is 22.0 Å². The first kappa shape index (κ1) is 46.9. The van der Waals surface area contributed by atoms with Crippen LogP contribution in [0, 0.1) is 29.1 Å². The highest BCUT2D eigenvalue weighted by atomic mass is 79.9. The first-order valence-corrected chi connectivity index (χ1v) is 26.0. The van der Waals surface area contributed by atoms with Gasteiger partial charge in [-0.2, -0.15) is 0 Å². The fourth-order valence-electron chi connectivity index (χ4n) is 8.26. The molecular formula is C50H21Br8F5N4. The van der Waals surface area contributed by atoms with E-state index in [1.165, 1.54) is 0 Å². The lowest BCUT2D eigenvalue weighted by molar-refractivity contribution is 0.376. The summed E-state index contributed by atoms with van der Waals surface area (Å²) in [5.41, 5.74) is 5.64. The average Bonchev–Trinajstić information content (AvgIpc) is 3.99. The second-order valence-electron chi connectivity index (χ2n) is 14.9. The van der Waals surface area contributed by atoms with Crippen LogP contribution in [0.1, 0.15) is 22.8 Å². The molecule has 5 aromatic carbocycles. The Morgan fingerprint density at radius 2 is 0.612 bits per heavy atom. The van der Waals surface area contributed by atoms with E-state index in [4.69, 9.17) is 9.97 Å². The van der Waals surface area contributed by atoms with Crippen LogP contribution in [0.3, 0.4) is 0 Å². The molecule has 3 aromatic heterocycles. The van der Waals surface area contributed by atoms with Gasteiger partial charge < -0.3 is 9.55 Å². The van der Waals surface area contributed by atoms with Crippen LogP contribution in [0.4, 0.5) is 22.0 Å². The van der Waals surface area contributed by atoms with Crippen LogP contribution >= 0.6 is 127 Å². The van der Waals surface area contributed by atoms with E-state index in [1.54, 1.807) is 60.7 Å². The molecule has 1 N–H and O–H groups in total. The highest BCUT2D eigenvalue weighted by Gasteiger charge is 2.35. The summed E-state index contributed by atoms with van der Waals surface area (Å²) in [5.74, 6) is -10.7. The maximum Gasteiger partial charge on any atom is 0.200 e. The lowest BCUT2D eigenvalue weighted by Crippen LogP contribution is -2.10. The molecule has 8 bridgehead atoms. The summed E-state index contributed by atoms with van der Waals surface area (Å²) in [6.07, 6.45) is 0. The molecule has 5 heterocycles. The Morgan fingerprint density at radius 1 is 0.343 bits per heavy atom. The molecule has 0 fully saturated rings. The van der Waals surface area contributed by atoms with Gasteiger partial charge >= 0.3 is 0 Å². The Morgan fingerprint density at radius 3 is 0.925 bits per heavy atom. The van der Waals surface area contributed by atoms with Crippen LogP contribution in [0.2, 0.25) is 0 Å². The predicted octanol–water partition coefficient (Wildman–Crippen LogP) is 19.4. The lowest BCUT2D eigenvalue weighted by atomic mass is 10.0. The zero-order chi connectivity index (χ0) is 47.2. The summed E-state index contributed by atoms with van der Waals surface area (Å²) < 4.78 is 85.2. The van der Waals surface area contributed by atoms with Crippen LogP contribution in [-0.2, 0) is 0 Å². The fourth-order valence-corrected chi connectivity index (χ4v) is 12.3. The van der Waals surface area contributed by atoms with Crippen LogP contribution in [0.5, 0.6) is 0 Å². The van der Waals surface area contributed by atoms with Gasteiger partial charge in [-0.05, 0) is 150 Å². The molecule has 0 atom stereocenters. The van der Waals surface area contributed by atoms with Gasteiger partial charge in [0.2, 0.25) is 5.82 Å². The smallest absolute Gasteiger partial charge is 0.200 e. The minimum atomic E-state index is -2.30. The number of nitrogens with one attached hydrogen (secondary N) is 1. The van der Waals surface area contributed by atoms with Crippen molar-refractivity contribution in [2.24, 2.45) is 0 Å². The molecule has 10 rings (SSSR count). The molecule has 0 unspecified atom stereocenters. The quantitative estimate of drug-likeness (QED) is 0.106. The Labute approximate surface area is 445 Å². The van der Waals surface area contributed by atoms with Crippen LogP contribution in [-0.4, -0.2) is 19.5 Å². The van der Waals surface area contributed by atoms with E-state index in [9.17, 15) is 0 Å². The van der Waals surface area contributed by atoms with Crippen molar-refractivity contribution in [2.75, 3.05) is 0 Å². The standard InChI is InChI=1S/C50H21Br8F5N4/c51-29-30(52)43-26(22-15-7-2-8-16-22)45-32(54)34(56)47(66-45)28(24-19-11-4-12-20-24)49-36(58)35(57)48(67(49)50-40(62)38(60)37(59)39(61)41(50)63)27(23-17-9-3-10-18-23)46-33(55)31(53)44(65-46)25(42(29)64-43)21-13-5-1-6-14-21/h1-20,64H. The van der Waals surface area contributed by atoms with Gasteiger partial charge in [0.15, 0.2) is 23.3 Å². The number of hydrogen-bond donors (Lipinski definition) is 1. The third kappa shape index (κ3) is 7.60. The van der Waals surface area contributed by atoms with Crippen molar-refractivity contribution in [3.05, 3.63) is 191 Å². The van der Waals surface area contributed by atoms with Gasteiger partial charge in [-0.25, -0.2) is 31.9 Å². The zero-order valence-corrected chi connectivity index (χ0v) is 46.0. The Balaban J connectivity index is 1.63. The molecule has 0 saturated carbocycles. The second-order valence-corrected chi connectivity index (χ2v) is 21.3. The van der Waals surface area contributed by atoms with Crippen LogP contribution < -0.4 is 0 Å². The van der Waals surface area contributed by atoms with Crippen molar-refractivity contribution < 1.29 is 22.0 Å². The van der Waals surface area contributed by atoms with Crippen molar-refractivity contribution in [1.29, 1.82) is 0 Å². The molecule has 2 aliphatic heterocycles. The fraction of sp³-hybridized carbons (Fsp3) is 0. The molecule has 332 valence electrons. The highest BCUT2D eigenvalue weighted by molar-refractivity contribution is 9.18. The lowest BCUT2D eigenvalue weighted by Gasteiger charge is -2.17. The van der Waals surface area contributed by atoms with Gasteiger partial charge in [0.25, 0.3) is 0 Å². The number of rotatable bonds is 5. The first-order valence-electron chi connectivity index (χ1n) is 19.7. The number of aromatic nitrogens is 4. The molecule has 0 saturated heterocycles. The van der Waals surface area contributed by atoms with Gasteiger partial charge in [0.05, 0.1) is 80.7 Å². The molecule has 2 aliphatic rings. The molecule has 0 amide bonds. The molecular weight excluding hydrogens is 1390 g/mol. The van der Waals surface area contributed by atoms with E-state index in [0.717, 1.165) is 15.7 Å². The second kappa shape index (κ2) is 18.5. The maximum absolute atomic E-state index is 16.9. The number of benzene rings is 5. The summed E-state index contributed by atoms with van der Waals surface area (Å²) in [6.45, 7) is 0. The Hall–Kier alpha value is -3.81. The maximum atomic E-state index is 16.9. The zero-order valence-electron chi connectivity index (χ0n) is 33.3. The summed E-state index contributed by atoms with van der Waals surface area (Å²) in [5, 5.41) is 0. The van der Waals surface area contributed by atoms with Gasteiger partial charge in [-0.1, -0.05) is 121 Å². The van der Waals surface area contributed by atoms with E-state index in [2.05, 4.69) is 132 Å². The number of H-pyrrole nitrogens is 1. The molecule has 0 radical (unpaired) electrons. The van der Waals surface area contributed by atoms with Crippen molar-refractivity contribution in [3.63, 3.8) is 0 Å². The third-order valence-electron chi connectivity index (χ3n) is 11.2. The van der Waals surface area contributed by atoms with E-state index in [1.807, 2.05) is 60.7 Å². The number of hydrogen-bond acceptors (Lipinski definition) is 2. The largest absolute Gasteiger partial charge is 0.352 e. The first-order chi connectivity index (χ1) is 32.2. The monoisotopic (exact) mass is 1400 g/mol.